The molecule has 0 fully saturated rings. The largest absolute Gasteiger partial charge is 0.390 e. The van der Waals surface area contributed by atoms with Gasteiger partial charge in [-0.1, -0.05) is 0 Å². The smallest absolute Gasteiger partial charge is 0.349 e. The molecule has 0 aliphatic heterocycles. The molecule has 0 aliphatic rings. The molecule has 0 saturated heterocycles. The van der Waals surface area contributed by atoms with Crippen molar-refractivity contribution in [3.05, 3.63) is 22.4 Å². The zero-order chi connectivity index (χ0) is 13.3. The average molecular weight is 259 g/mol. The number of rotatable bonds is 4. The molecule has 3 N–H and O–H groups in total. The molecule has 0 amide bonds. The number of aliphatic hydroxyl groups is 1. The van der Waals surface area contributed by atoms with Crippen LogP contribution in [-0.4, -0.2) is 43.8 Å². The molecule has 2 rings (SSSR count). The lowest BCUT2D eigenvalue weighted by Gasteiger charge is -2.14. The Balaban J connectivity index is 2.28. The third-order valence-corrected chi connectivity index (χ3v) is 2.33. The minimum atomic E-state index is -3.23. The van der Waals surface area contributed by atoms with Crippen molar-refractivity contribution in [3.63, 3.8) is 0 Å². The Morgan fingerprint density at radius 1 is 1.61 bits per heavy atom. The van der Waals surface area contributed by atoms with E-state index in [0.717, 1.165) is 0 Å². The van der Waals surface area contributed by atoms with Crippen LogP contribution in [0, 0.1) is 6.92 Å². The van der Waals surface area contributed by atoms with Crippen molar-refractivity contribution in [2.24, 2.45) is 0 Å². The highest BCUT2D eigenvalue weighted by Crippen LogP contribution is 2.14. The summed E-state index contributed by atoms with van der Waals surface area (Å²) in [6, 6.07) is 1.36. The van der Waals surface area contributed by atoms with Gasteiger partial charge in [0, 0.05) is 6.07 Å². The number of nitrogens with zero attached hydrogens (tertiary/aromatic N) is 3. The Morgan fingerprint density at radius 2 is 2.33 bits per heavy atom. The third kappa shape index (κ3) is 2.30. The number of hydrogen-bond acceptors (Lipinski definition) is 5. The van der Waals surface area contributed by atoms with Crippen molar-refractivity contribution < 1.29 is 13.9 Å². The Bertz CT molecular complexity index is 621. The molecular weight excluding hydrogens is 248 g/mol. The molecular formula is C9H11F2N5O2. The van der Waals surface area contributed by atoms with Gasteiger partial charge in [-0.15, -0.1) is 0 Å². The number of aryl methyl sites for hydroxylation is 1. The first-order valence-electron chi connectivity index (χ1n) is 5.10. The number of fused-ring (bicyclic) bond motifs is 1. The monoisotopic (exact) mass is 259 g/mol. The Labute approximate surface area is 99.5 Å². The summed E-state index contributed by atoms with van der Waals surface area (Å²) in [5.41, 5.74) is -0.162. The Kier molecular flexibility index (Phi) is 2.99. The van der Waals surface area contributed by atoms with Gasteiger partial charge >= 0.3 is 5.69 Å². The Hall–Kier alpha value is -2.03. The molecule has 0 spiro atoms. The summed E-state index contributed by atoms with van der Waals surface area (Å²) in [4.78, 5) is 15.3. The molecule has 0 aliphatic carbocycles. The lowest BCUT2D eigenvalue weighted by Crippen LogP contribution is -2.31. The number of anilines is 1. The fourth-order valence-corrected chi connectivity index (χ4v) is 1.46. The molecule has 0 radical (unpaired) electrons. The molecule has 0 bridgehead atoms. The molecule has 98 valence electrons. The zero-order valence-electron chi connectivity index (χ0n) is 9.44. The van der Waals surface area contributed by atoms with Crippen molar-refractivity contribution in [1.29, 1.82) is 0 Å². The average Bonchev–Trinajstić information content (AvgIpc) is 2.69. The molecule has 2 heterocycles. The number of aromatic nitrogens is 4. The van der Waals surface area contributed by atoms with Gasteiger partial charge in [-0.3, -0.25) is 0 Å². The van der Waals surface area contributed by atoms with E-state index in [0.29, 0.717) is 5.82 Å². The quantitative estimate of drug-likeness (QED) is 0.704. The van der Waals surface area contributed by atoms with E-state index in [9.17, 15) is 13.6 Å². The van der Waals surface area contributed by atoms with Crippen LogP contribution in [0.2, 0.25) is 0 Å². The van der Waals surface area contributed by atoms with E-state index in [1.54, 1.807) is 6.92 Å². The van der Waals surface area contributed by atoms with Gasteiger partial charge in [-0.2, -0.15) is 5.10 Å². The summed E-state index contributed by atoms with van der Waals surface area (Å²) in [5, 5.41) is 16.8. The number of halogens is 2. The number of nitrogens with one attached hydrogen (secondary N) is 2. The highest BCUT2D eigenvalue weighted by Gasteiger charge is 2.27. The first-order chi connectivity index (χ1) is 8.43. The highest BCUT2D eigenvalue weighted by molar-refractivity contribution is 5.49. The van der Waals surface area contributed by atoms with E-state index in [4.69, 9.17) is 5.11 Å². The summed E-state index contributed by atoms with van der Waals surface area (Å²) >= 11 is 0. The van der Waals surface area contributed by atoms with E-state index >= 15 is 0 Å². The maximum atomic E-state index is 12.8. The van der Waals surface area contributed by atoms with Crippen molar-refractivity contribution in [3.8, 4) is 0 Å². The fourth-order valence-electron chi connectivity index (χ4n) is 1.46. The van der Waals surface area contributed by atoms with Crippen molar-refractivity contribution in [2.45, 2.75) is 12.8 Å². The van der Waals surface area contributed by atoms with Crippen LogP contribution in [0.4, 0.5) is 14.6 Å². The van der Waals surface area contributed by atoms with Gasteiger partial charge in [0.15, 0.2) is 5.65 Å². The van der Waals surface area contributed by atoms with Gasteiger partial charge < -0.3 is 10.4 Å². The zero-order valence-corrected chi connectivity index (χ0v) is 9.44. The first-order valence-corrected chi connectivity index (χ1v) is 5.10. The van der Waals surface area contributed by atoms with Crippen LogP contribution in [-0.2, 0) is 0 Å². The molecule has 0 saturated carbocycles. The summed E-state index contributed by atoms with van der Waals surface area (Å²) in [6.07, 6.45) is 0. The van der Waals surface area contributed by atoms with Crippen LogP contribution in [0.25, 0.3) is 5.65 Å². The lowest BCUT2D eigenvalue weighted by atomic mass is 10.3. The van der Waals surface area contributed by atoms with Gasteiger partial charge in [0.05, 0.1) is 6.54 Å². The van der Waals surface area contributed by atoms with Crippen molar-refractivity contribution in [1.82, 2.24) is 19.6 Å². The molecule has 0 aromatic carbocycles. The van der Waals surface area contributed by atoms with E-state index in [-0.39, 0.29) is 11.5 Å². The van der Waals surface area contributed by atoms with E-state index in [1.165, 1.54) is 10.5 Å². The molecule has 0 unspecified atom stereocenters. The summed E-state index contributed by atoms with van der Waals surface area (Å²) in [6.45, 7) is -0.441. The lowest BCUT2D eigenvalue weighted by molar-refractivity contribution is -0.0373. The molecule has 18 heavy (non-hydrogen) atoms. The van der Waals surface area contributed by atoms with Gasteiger partial charge in [-0.05, 0) is 6.92 Å². The van der Waals surface area contributed by atoms with Gasteiger partial charge in [0.2, 0.25) is 0 Å². The van der Waals surface area contributed by atoms with Gasteiger partial charge in [0.25, 0.3) is 5.92 Å². The van der Waals surface area contributed by atoms with Crippen LogP contribution in [0.3, 0.4) is 0 Å². The maximum absolute atomic E-state index is 12.8. The fraction of sp³-hybridized carbons (Fsp3) is 0.444. The molecule has 7 nitrogen and oxygen atoms in total. The molecule has 2 aromatic rings. The Morgan fingerprint density at radius 3 is 3.00 bits per heavy atom. The topological polar surface area (TPSA) is 95.3 Å². The standard InChI is InChI=1S/C9H11F2N5O2/c1-5-13-6(12-3-9(10,11)4-17)2-7-14-15-8(18)16(5)7/h2,12,17H,3-4H2,1H3,(H,15,18). The SMILES string of the molecule is Cc1nc(NCC(F)(F)CO)cc2n[nH]c(=O)n12. The summed E-state index contributed by atoms with van der Waals surface area (Å²) in [7, 11) is 0. The molecule has 0 atom stereocenters. The van der Waals surface area contributed by atoms with Crippen LogP contribution < -0.4 is 11.0 Å². The van der Waals surface area contributed by atoms with Gasteiger partial charge in [0.1, 0.15) is 18.2 Å². The van der Waals surface area contributed by atoms with Crippen LogP contribution in [0.5, 0.6) is 0 Å². The first kappa shape index (κ1) is 12.4. The van der Waals surface area contributed by atoms with Crippen molar-refractivity contribution >= 4 is 11.5 Å². The predicted octanol–water partition coefficient (Wildman–Crippen LogP) is -0.234. The number of aromatic amines is 1. The normalized spacial score (nSPS) is 12.0. The highest BCUT2D eigenvalue weighted by atomic mass is 19.3. The second-order valence-electron chi connectivity index (χ2n) is 3.78. The van der Waals surface area contributed by atoms with E-state index in [1.807, 2.05) is 0 Å². The van der Waals surface area contributed by atoms with Crippen LogP contribution in [0.15, 0.2) is 10.9 Å². The minimum Gasteiger partial charge on any atom is -0.390 e. The summed E-state index contributed by atoms with van der Waals surface area (Å²) in [5.74, 6) is -2.75. The van der Waals surface area contributed by atoms with Crippen LogP contribution in [0.1, 0.15) is 5.82 Å². The van der Waals surface area contributed by atoms with Crippen molar-refractivity contribution in [2.75, 3.05) is 18.5 Å². The number of alkyl halides is 2. The second-order valence-corrected chi connectivity index (χ2v) is 3.78. The molecule has 2 aromatic heterocycles. The molecule has 9 heteroatoms. The number of H-pyrrole nitrogens is 1. The third-order valence-electron chi connectivity index (χ3n) is 2.33. The number of hydrogen-bond donors (Lipinski definition) is 3. The van der Waals surface area contributed by atoms with Gasteiger partial charge in [-0.25, -0.2) is 28.1 Å². The van der Waals surface area contributed by atoms with E-state index < -0.39 is 24.8 Å². The second kappa shape index (κ2) is 4.33. The minimum absolute atomic E-state index is 0.159. The summed E-state index contributed by atoms with van der Waals surface area (Å²) < 4.78 is 26.9. The number of aliphatic hydroxyl groups excluding tert-OH is 1. The maximum Gasteiger partial charge on any atom is 0.349 e. The van der Waals surface area contributed by atoms with E-state index in [2.05, 4.69) is 20.5 Å². The predicted molar refractivity (Wildman–Crippen MR) is 58.9 cm³/mol. The van der Waals surface area contributed by atoms with Crippen LogP contribution >= 0.6 is 0 Å².